The van der Waals surface area contributed by atoms with Gasteiger partial charge in [-0.3, -0.25) is 9.69 Å². The molecule has 3 aromatic rings. The van der Waals surface area contributed by atoms with Gasteiger partial charge in [-0.05, 0) is 73.9 Å². The number of oxazole rings is 1. The summed E-state index contributed by atoms with van der Waals surface area (Å²) in [5.74, 6) is 0.441. The molecule has 11 heteroatoms. The number of rotatable bonds is 13. The summed E-state index contributed by atoms with van der Waals surface area (Å²) in [6.45, 7) is 6.85. The van der Waals surface area contributed by atoms with Gasteiger partial charge in [-0.25, -0.2) is 13.4 Å². The quantitative estimate of drug-likeness (QED) is 0.317. The third kappa shape index (κ3) is 7.03. The standard InChI is InChI=1S/C31H40N4O6S/c1-21-15-27(40-4)16-22(2)30(21)42(37,38)35(25-9-10-25)19-29-33-28(20-41-29)31(36)32-13-11-23-5-7-24(8-6-23)17-34-14-12-26(18-34)39-3/h5-8,15-16,20,25-26H,9-14,17-19H2,1-4H3,(H,32,36). The molecule has 1 saturated carbocycles. The largest absolute Gasteiger partial charge is 0.497 e. The number of likely N-dealkylation sites (tertiary alicyclic amines) is 1. The number of methoxy groups -OCH3 is 2. The molecule has 1 aromatic heterocycles. The van der Waals surface area contributed by atoms with Crippen LogP contribution in [0.25, 0.3) is 0 Å². The average Bonchev–Trinajstić information content (AvgIpc) is 3.50. The molecular weight excluding hydrogens is 556 g/mol. The maximum Gasteiger partial charge on any atom is 0.273 e. The third-order valence-electron chi connectivity index (χ3n) is 7.96. The normalized spacial score (nSPS) is 17.6. The van der Waals surface area contributed by atoms with E-state index in [1.54, 1.807) is 40.2 Å². The van der Waals surface area contributed by atoms with E-state index in [4.69, 9.17) is 13.9 Å². The fourth-order valence-corrected chi connectivity index (χ4v) is 7.61. The highest BCUT2D eigenvalue weighted by Crippen LogP contribution is 2.36. The van der Waals surface area contributed by atoms with E-state index in [0.29, 0.717) is 35.9 Å². The molecule has 5 rings (SSSR count). The van der Waals surface area contributed by atoms with Gasteiger partial charge in [0.05, 0.1) is 24.7 Å². The van der Waals surface area contributed by atoms with Crippen molar-refractivity contribution in [1.29, 1.82) is 0 Å². The van der Waals surface area contributed by atoms with Crippen molar-refractivity contribution < 1.29 is 27.1 Å². The van der Waals surface area contributed by atoms with Crippen molar-refractivity contribution in [2.75, 3.05) is 33.9 Å². The molecule has 226 valence electrons. The van der Waals surface area contributed by atoms with Gasteiger partial charge >= 0.3 is 0 Å². The van der Waals surface area contributed by atoms with Gasteiger partial charge in [0.25, 0.3) is 5.91 Å². The number of nitrogens with zero attached hydrogens (tertiary/aromatic N) is 3. The van der Waals surface area contributed by atoms with Crippen molar-refractivity contribution in [3.8, 4) is 5.75 Å². The summed E-state index contributed by atoms with van der Waals surface area (Å²) < 4.78 is 45.2. The molecule has 2 aromatic carbocycles. The molecule has 2 fully saturated rings. The minimum atomic E-state index is -3.82. The molecule has 2 aliphatic rings. The minimum Gasteiger partial charge on any atom is -0.497 e. The van der Waals surface area contributed by atoms with Crippen LogP contribution in [0.3, 0.4) is 0 Å². The van der Waals surface area contributed by atoms with Gasteiger partial charge in [0.15, 0.2) is 5.69 Å². The van der Waals surface area contributed by atoms with Crippen molar-refractivity contribution >= 4 is 15.9 Å². The zero-order valence-electron chi connectivity index (χ0n) is 24.8. The number of aromatic nitrogens is 1. The van der Waals surface area contributed by atoms with Crippen molar-refractivity contribution in [3.63, 3.8) is 0 Å². The summed E-state index contributed by atoms with van der Waals surface area (Å²) in [6, 6.07) is 11.8. The van der Waals surface area contributed by atoms with E-state index in [0.717, 1.165) is 44.5 Å². The van der Waals surface area contributed by atoms with E-state index >= 15 is 0 Å². The zero-order valence-corrected chi connectivity index (χ0v) is 25.6. The summed E-state index contributed by atoms with van der Waals surface area (Å²) in [5.41, 5.74) is 3.75. The Kier molecular flexibility index (Phi) is 9.32. The lowest BCUT2D eigenvalue weighted by molar-refractivity contribution is 0.0949. The summed E-state index contributed by atoms with van der Waals surface area (Å²) in [4.78, 5) is 19.7. The van der Waals surface area contributed by atoms with Gasteiger partial charge in [-0.15, -0.1) is 0 Å². The van der Waals surface area contributed by atoms with Crippen molar-refractivity contribution in [2.45, 2.75) is 69.7 Å². The highest BCUT2D eigenvalue weighted by molar-refractivity contribution is 7.89. The summed E-state index contributed by atoms with van der Waals surface area (Å²) in [6.07, 6.45) is 4.91. The van der Waals surface area contributed by atoms with Gasteiger partial charge in [0.1, 0.15) is 12.0 Å². The lowest BCUT2D eigenvalue weighted by atomic mass is 10.1. The number of amides is 1. The molecule has 0 spiro atoms. The van der Waals surface area contributed by atoms with E-state index in [1.807, 2.05) is 0 Å². The number of hydrogen-bond acceptors (Lipinski definition) is 8. The van der Waals surface area contributed by atoms with Gasteiger partial charge in [-0.1, -0.05) is 24.3 Å². The van der Waals surface area contributed by atoms with Gasteiger partial charge in [0, 0.05) is 39.3 Å². The van der Waals surface area contributed by atoms with Crippen LogP contribution < -0.4 is 10.1 Å². The minimum absolute atomic E-state index is 0.0406. The number of aryl methyl sites for hydroxylation is 2. The molecule has 0 radical (unpaired) electrons. The van der Waals surface area contributed by atoms with E-state index < -0.39 is 10.0 Å². The molecule has 1 saturated heterocycles. The first kappa shape index (κ1) is 30.2. The van der Waals surface area contributed by atoms with Crippen molar-refractivity contribution in [3.05, 3.63) is 76.5 Å². The van der Waals surface area contributed by atoms with E-state index in [9.17, 15) is 13.2 Å². The maximum atomic E-state index is 13.7. The van der Waals surface area contributed by atoms with Crippen LogP contribution in [0.4, 0.5) is 0 Å². The Morgan fingerprint density at radius 2 is 1.79 bits per heavy atom. The maximum absolute atomic E-state index is 13.7. The number of hydrogen-bond donors (Lipinski definition) is 1. The Balaban J connectivity index is 1.15. The average molecular weight is 597 g/mol. The zero-order chi connectivity index (χ0) is 29.9. The molecular formula is C31H40N4O6S. The topological polar surface area (TPSA) is 114 Å². The Morgan fingerprint density at radius 3 is 2.40 bits per heavy atom. The third-order valence-corrected chi connectivity index (χ3v) is 10.2. The smallest absolute Gasteiger partial charge is 0.273 e. The molecule has 0 bridgehead atoms. The van der Waals surface area contributed by atoms with Crippen LogP contribution in [0.1, 0.15) is 57.9 Å². The molecule has 1 aliphatic carbocycles. The van der Waals surface area contributed by atoms with Crippen LogP contribution in [0.15, 0.2) is 52.0 Å². The predicted octanol–water partition coefficient (Wildman–Crippen LogP) is 3.85. The van der Waals surface area contributed by atoms with Crippen LogP contribution in [0, 0.1) is 13.8 Å². The van der Waals surface area contributed by atoms with Crippen LogP contribution in [0.5, 0.6) is 5.75 Å². The van der Waals surface area contributed by atoms with Gasteiger partial charge in [0.2, 0.25) is 15.9 Å². The first-order valence-electron chi connectivity index (χ1n) is 14.4. The Labute approximate surface area is 248 Å². The SMILES string of the molecule is COc1cc(C)c(S(=O)(=O)N(Cc2nc(C(=O)NCCc3ccc(CN4CCC(OC)C4)cc3)co2)C2CC2)c(C)c1. The molecule has 1 atom stereocenters. The van der Waals surface area contributed by atoms with Crippen LogP contribution in [-0.4, -0.2) is 74.5 Å². The Hall–Kier alpha value is -3.25. The van der Waals surface area contributed by atoms with Gasteiger partial charge in [-0.2, -0.15) is 4.31 Å². The van der Waals surface area contributed by atoms with Gasteiger partial charge < -0.3 is 19.2 Å². The van der Waals surface area contributed by atoms with Crippen LogP contribution >= 0.6 is 0 Å². The highest BCUT2D eigenvalue weighted by atomic mass is 32.2. The first-order chi connectivity index (χ1) is 20.2. The Morgan fingerprint density at radius 1 is 1.10 bits per heavy atom. The van der Waals surface area contributed by atoms with E-state index in [2.05, 4.69) is 39.5 Å². The monoisotopic (exact) mass is 596 g/mol. The number of benzene rings is 2. The summed E-state index contributed by atoms with van der Waals surface area (Å²) in [5, 5.41) is 2.89. The second-order valence-electron chi connectivity index (χ2n) is 11.2. The summed E-state index contributed by atoms with van der Waals surface area (Å²) >= 11 is 0. The molecule has 1 N–H and O–H groups in total. The number of sulfonamides is 1. The highest BCUT2D eigenvalue weighted by Gasteiger charge is 2.40. The second-order valence-corrected chi connectivity index (χ2v) is 13.0. The first-order valence-corrected chi connectivity index (χ1v) is 15.8. The number of nitrogens with one attached hydrogen (secondary N) is 1. The number of carbonyl (C=O) groups is 1. The van der Waals surface area contributed by atoms with E-state index in [-0.39, 0.29) is 35.0 Å². The van der Waals surface area contributed by atoms with Crippen molar-refractivity contribution in [1.82, 2.24) is 19.5 Å². The molecule has 1 amide bonds. The number of ether oxygens (including phenoxy) is 2. The van der Waals surface area contributed by atoms with E-state index in [1.165, 1.54) is 16.1 Å². The Bertz CT molecular complexity index is 1480. The molecule has 1 unspecified atom stereocenters. The fourth-order valence-electron chi connectivity index (χ4n) is 5.56. The second kappa shape index (κ2) is 12.9. The lowest BCUT2D eigenvalue weighted by Gasteiger charge is -2.23. The van der Waals surface area contributed by atoms with Crippen molar-refractivity contribution in [2.24, 2.45) is 0 Å². The van der Waals surface area contributed by atoms with Crippen LogP contribution in [-0.2, 0) is 34.3 Å². The summed E-state index contributed by atoms with van der Waals surface area (Å²) in [7, 11) is -0.498. The molecule has 1 aliphatic heterocycles. The fraction of sp³-hybridized carbons (Fsp3) is 0.484. The lowest BCUT2D eigenvalue weighted by Crippen LogP contribution is -2.34. The molecule has 10 nitrogen and oxygen atoms in total. The number of carbonyl (C=O) groups excluding carboxylic acids is 1. The molecule has 2 heterocycles. The molecule has 42 heavy (non-hydrogen) atoms. The predicted molar refractivity (Wildman–Crippen MR) is 158 cm³/mol. The van der Waals surface area contributed by atoms with Crippen LogP contribution in [0.2, 0.25) is 0 Å².